The number of fused-ring (bicyclic) bond motifs is 1. The fourth-order valence-electron chi connectivity index (χ4n) is 6.55. The number of benzene rings is 3. The number of unbranched alkanes of at least 4 members (excludes halogenated alkanes) is 1. The van der Waals surface area contributed by atoms with Gasteiger partial charge in [-0.15, -0.1) is 0 Å². The number of nitrogens with zero attached hydrogens (tertiary/aromatic N) is 3. The highest BCUT2D eigenvalue weighted by molar-refractivity contribution is 7.05. The lowest BCUT2D eigenvalue weighted by Gasteiger charge is -2.31. The van der Waals surface area contributed by atoms with Gasteiger partial charge in [0.05, 0.1) is 18.8 Å². The molecule has 2 aliphatic rings. The Labute approximate surface area is 301 Å². The zero-order chi connectivity index (χ0) is 34.7. The molecule has 264 valence electrons. The van der Waals surface area contributed by atoms with Gasteiger partial charge >= 0.3 is 0 Å². The van der Waals surface area contributed by atoms with Crippen LogP contribution in [0.3, 0.4) is 0 Å². The number of carbonyl (C=O) groups excluding carboxylic acids is 1. The molecule has 0 aliphatic carbocycles. The van der Waals surface area contributed by atoms with Crippen molar-refractivity contribution in [1.82, 2.24) is 9.27 Å². The minimum absolute atomic E-state index is 0.0657. The Hall–Kier alpha value is -4.02. The summed E-state index contributed by atoms with van der Waals surface area (Å²) in [5.74, 6) is 0.760. The minimum atomic E-state index is -0.0657. The Balaban J connectivity index is 1.16. The van der Waals surface area contributed by atoms with Gasteiger partial charge in [-0.05, 0) is 122 Å². The second-order valence-corrected chi connectivity index (χ2v) is 14.2. The van der Waals surface area contributed by atoms with Crippen LogP contribution in [0.2, 0.25) is 0 Å². The lowest BCUT2D eigenvalue weighted by molar-refractivity contribution is -0.112. The molecule has 6 rings (SSSR count). The molecule has 1 amide bonds. The Bertz CT molecular complexity index is 1710. The lowest BCUT2D eigenvalue weighted by atomic mass is 10.00. The molecule has 0 bridgehead atoms. The number of anilines is 2. The third-order valence-corrected chi connectivity index (χ3v) is 10.3. The van der Waals surface area contributed by atoms with Crippen LogP contribution in [0, 0.1) is 6.92 Å². The summed E-state index contributed by atoms with van der Waals surface area (Å²) >= 11 is 1.54. The van der Waals surface area contributed by atoms with E-state index in [1.165, 1.54) is 10.4 Å². The van der Waals surface area contributed by atoms with E-state index in [4.69, 9.17) is 14.2 Å². The highest BCUT2D eigenvalue weighted by Gasteiger charge is 2.22. The van der Waals surface area contributed by atoms with E-state index >= 15 is 0 Å². The predicted molar refractivity (Wildman–Crippen MR) is 204 cm³/mol. The van der Waals surface area contributed by atoms with E-state index in [1.54, 1.807) is 11.5 Å². The van der Waals surface area contributed by atoms with E-state index in [1.807, 2.05) is 31.2 Å². The van der Waals surface area contributed by atoms with Gasteiger partial charge in [0.1, 0.15) is 12.4 Å². The maximum absolute atomic E-state index is 13.8. The van der Waals surface area contributed by atoms with Gasteiger partial charge in [0.2, 0.25) is 0 Å². The number of ether oxygens (including phenoxy) is 3. The molecular weight excluding hydrogens is 645 g/mol. The van der Waals surface area contributed by atoms with Crippen molar-refractivity contribution in [2.24, 2.45) is 0 Å². The van der Waals surface area contributed by atoms with Crippen LogP contribution in [0.15, 0.2) is 78.4 Å². The van der Waals surface area contributed by atoms with E-state index in [9.17, 15) is 4.79 Å². The molecule has 8 nitrogen and oxygen atoms in total. The van der Waals surface area contributed by atoms with Crippen LogP contribution < -0.4 is 15.0 Å². The summed E-state index contributed by atoms with van der Waals surface area (Å²) in [7, 11) is 2.18. The molecule has 0 unspecified atom stereocenters. The number of hydrogen-bond donors (Lipinski definition) is 1. The van der Waals surface area contributed by atoms with Crippen molar-refractivity contribution in [3.8, 4) is 16.9 Å². The fraction of sp³-hybridized carbons (Fsp3) is 0.415. The maximum atomic E-state index is 13.8. The van der Waals surface area contributed by atoms with Gasteiger partial charge in [-0.25, -0.2) is 0 Å². The number of aryl methyl sites for hydroxylation is 1. The van der Waals surface area contributed by atoms with Gasteiger partial charge in [-0.2, -0.15) is 4.37 Å². The first-order valence-electron chi connectivity index (χ1n) is 18.0. The molecule has 2 aliphatic heterocycles. The highest BCUT2D eigenvalue weighted by atomic mass is 32.1. The van der Waals surface area contributed by atoms with E-state index in [0.29, 0.717) is 25.7 Å². The standard InChI is InChI=1S/C41H50N4O4S/c1-4-5-20-47-23-24-49-38-13-8-32(9-14-38)33-10-15-40-35(26-33)27-34(16-19-45(40)29-39-25-30(2)43-50-39)41(46)42-36-11-6-31(7-12-36)28-44(3)37-17-21-48-22-18-37/h6-15,25-27,37H,4-5,16-24,28-29H2,1-3H3,(H,42,46). The Morgan fingerprint density at radius 1 is 1.00 bits per heavy atom. The summed E-state index contributed by atoms with van der Waals surface area (Å²) in [5, 5.41) is 3.18. The third-order valence-electron chi connectivity index (χ3n) is 9.45. The molecule has 0 radical (unpaired) electrons. The minimum Gasteiger partial charge on any atom is -0.491 e. The summed E-state index contributed by atoms with van der Waals surface area (Å²) in [6, 6.07) is 25.7. The highest BCUT2D eigenvalue weighted by Crippen LogP contribution is 2.34. The number of rotatable bonds is 15. The Kier molecular flexibility index (Phi) is 12.7. The molecule has 0 atom stereocenters. The molecule has 3 aromatic carbocycles. The second kappa shape index (κ2) is 17.8. The number of aromatic nitrogens is 1. The monoisotopic (exact) mass is 694 g/mol. The van der Waals surface area contributed by atoms with Gasteiger partial charge in [0, 0.05) is 60.8 Å². The van der Waals surface area contributed by atoms with Gasteiger partial charge in [0.25, 0.3) is 5.91 Å². The van der Waals surface area contributed by atoms with Crippen molar-refractivity contribution in [1.29, 1.82) is 0 Å². The van der Waals surface area contributed by atoms with Crippen molar-refractivity contribution in [2.45, 2.75) is 65.1 Å². The normalized spacial score (nSPS) is 15.0. The number of hydrogen-bond acceptors (Lipinski definition) is 8. The summed E-state index contributed by atoms with van der Waals surface area (Å²) in [5.41, 5.74) is 8.16. The molecule has 1 fully saturated rings. The van der Waals surface area contributed by atoms with Gasteiger partial charge < -0.3 is 24.4 Å². The largest absolute Gasteiger partial charge is 0.491 e. The van der Waals surface area contributed by atoms with Crippen molar-refractivity contribution in [3.63, 3.8) is 0 Å². The van der Waals surface area contributed by atoms with E-state index < -0.39 is 0 Å². The third kappa shape index (κ3) is 9.82. The van der Waals surface area contributed by atoms with Crippen LogP contribution in [-0.4, -0.2) is 67.8 Å². The molecule has 9 heteroatoms. The molecule has 1 saturated heterocycles. The summed E-state index contributed by atoms with van der Waals surface area (Å²) < 4.78 is 21.6. The van der Waals surface area contributed by atoms with Crippen LogP contribution in [0.25, 0.3) is 17.2 Å². The molecule has 1 aromatic heterocycles. The first kappa shape index (κ1) is 35.8. The molecule has 4 aromatic rings. The van der Waals surface area contributed by atoms with Crippen LogP contribution in [0.1, 0.15) is 60.7 Å². The smallest absolute Gasteiger partial charge is 0.251 e. The SMILES string of the molecule is CCCCOCCOc1ccc(-c2ccc3c(c2)C=C(C(=O)Nc2ccc(CN(C)C4CCOCC4)cc2)CCN3Cc2cc(C)ns2)cc1. The number of amides is 1. The van der Waals surface area contributed by atoms with E-state index in [2.05, 4.69) is 88.1 Å². The van der Waals surface area contributed by atoms with Crippen molar-refractivity contribution >= 4 is 34.9 Å². The Morgan fingerprint density at radius 3 is 2.52 bits per heavy atom. The summed E-state index contributed by atoms with van der Waals surface area (Å²) in [6.45, 7) is 10.1. The summed E-state index contributed by atoms with van der Waals surface area (Å²) in [4.78, 5) is 19.8. The zero-order valence-electron chi connectivity index (χ0n) is 29.7. The molecule has 0 spiro atoms. The van der Waals surface area contributed by atoms with Crippen LogP contribution in [0.4, 0.5) is 11.4 Å². The molecule has 0 saturated carbocycles. The van der Waals surface area contributed by atoms with Gasteiger partial charge in [0.15, 0.2) is 0 Å². The Morgan fingerprint density at radius 2 is 1.78 bits per heavy atom. The number of carbonyl (C=O) groups is 1. The second-order valence-electron chi connectivity index (χ2n) is 13.3. The van der Waals surface area contributed by atoms with Crippen LogP contribution >= 0.6 is 11.5 Å². The first-order chi connectivity index (χ1) is 24.4. The summed E-state index contributed by atoms with van der Waals surface area (Å²) in [6.07, 6.45) is 7.05. The number of nitrogens with one attached hydrogen (secondary N) is 1. The lowest BCUT2D eigenvalue weighted by Crippen LogP contribution is -2.36. The van der Waals surface area contributed by atoms with Crippen molar-refractivity contribution in [2.75, 3.05) is 56.8 Å². The fourth-order valence-corrected chi connectivity index (χ4v) is 7.30. The van der Waals surface area contributed by atoms with E-state index in [0.717, 1.165) is 110 Å². The van der Waals surface area contributed by atoms with Gasteiger partial charge in [-0.1, -0.05) is 43.7 Å². The first-order valence-corrected chi connectivity index (χ1v) is 18.7. The maximum Gasteiger partial charge on any atom is 0.251 e. The molecular formula is C41H50N4O4S. The van der Waals surface area contributed by atoms with Crippen LogP contribution in [0.5, 0.6) is 5.75 Å². The van der Waals surface area contributed by atoms with E-state index in [-0.39, 0.29) is 5.91 Å². The van der Waals surface area contributed by atoms with Crippen molar-refractivity contribution in [3.05, 3.63) is 100 Å². The van der Waals surface area contributed by atoms with Crippen molar-refractivity contribution < 1.29 is 19.0 Å². The molecule has 1 N–H and O–H groups in total. The van der Waals surface area contributed by atoms with Gasteiger partial charge in [-0.3, -0.25) is 9.69 Å². The topological polar surface area (TPSA) is 76.2 Å². The zero-order valence-corrected chi connectivity index (χ0v) is 30.5. The average molecular weight is 695 g/mol. The molecule has 50 heavy (non-hydrogen) atoms. The predicted octanol–water partition coefficient (Wildman–Crippen LogP) is 8.36. The molecule has 3 heterocycles. The quantitative estimate of drug-likeness (QED) is 0.125. The average Bonchev–Trinajstić information content (AvgIpc) is 3.47. The van der Waals surface area contributed by atoms with Crippen LogP contribution in [-0.2, 0) is 27.4 Å².